The molecule has 104 valence electrons. The second-order valence-corrected chi connectivity index (χ2v) is 6.29. The Morgan fingerprint density at radius 3 is 2.45 bits per heavy atom. The fourth-order valence-electron chi connectivity index (χ4n) is 2.50. The largest absolute Gasteiger partial charge is 0.284 e. The van der Waals surface area contributed by atoms with Gasteiger partial charge in [0.05, 0.1) is 11.2 Å². The lowest BCUT2D eigenvalue weighted by molar-refractivity contribution is 0.537. The van der Waals surface area contributed by atoms with Crippen LogP contribution in [0.2, 0.25) is 0 Å². The molecule has 0 bridgehead atoms. The van der Waals surface area contributed by atoms with Gasteiger partial charge in [-0.3, -0.25) is 4.40 Å². The molecule has 0 amide bonds. The zero-order valence-electron chi connectivity index (χ0n) is 12.5. The van der Waals surface area contributed by atoms with Crippen LogP contribution in [0.15, 0.2) is 18.2 Å². The van der Waals surface area contributed by atoms with Gasteiger partial charge in [-0.2, -0.15) is 0 Å². The first-order chi connectivity index (χ1) is 9.29. The number of hydrogen-bond donors (Lipinski definition) is 0. The smallest absolute Gasteiger partial charge is 0.148 e. The first-order valence-corrected chi connectivity index (χ1v) is 6.74. The fourth-order valence-corrected chi connectivity index (χ4v) is 2.50. The van der Waals surface area contributed by atoms with Gasteiger partial charge in [-0.25, -0.2) is 14.4 Å². The van der Waals surface area contributed by atoms with Crippen LogP contribution >= 0.6 is 0 Å². The lowest BCUT2D eigenvalue weighted by Gasteiger charge is -2.21. The van der Waals surface area contributed by atoms with Crippen LogP contribution in [0, 0.1) is 19.7 Å². The third kappa shape index (κ3) is 1.79. The van der Waals surface area contributed by atoms with Crippen LogP contribution < -0.4 is 0 Å². The maximum Gasteiger partial charge on any atom is 0.148 e. The summed E-state index contributed by atoms with van der Waals surface area (Å²) < 4.78 is 15.6. The summed E-state index contributed by atoms with van der Waals surface area (Å²) >= 11 is 0. The molecule has 3 nitrogen and oxygen atoms in total. The average molecular weight is 271 g/mol. The van der Waals surface area contributed by atoms with E-state index < -0.39 is 0 Å². The summed E-state index contributed by atoms with van der Waals surface area (Å²) in [5.41, 5.74) is 3.44. The molecule has 3 aromatic rings. The summed E-state index contributed by atoms with van der Waals surface area (Å²) in [7, 11) is 0. The predicted octanol–water partition coefficient (Wildman–Crippen LogP) is 3.94. The number of imidazole rings is 1. The van der Waals surface area contributed by atoms with Crippen LogP contribution in [-0.2, 0) is 5.41 Å². The average Bonchev–Trinajstić information content (AvgIpc) is 2.63. The van der Waals surface area contributed by atoms with Crippen molar-refractivity contribution in [1.29, 1.82) is 0 Å². The van der Waals surface area contributed by atoms with E-state index in [2.05, 4.69) is 30.2 Å². The van der Waals surface area contributed by atoms with Gasteiger partial charge >= 0.3 is 0 Å². The number of aromatic nitrogens is 3. The molecule has 0 aliphatic heterocycles. The first kappa shape index (κ1) is 13.0. The van der Waals surface area contributed by atoms with Crippen molar-refractivity contribution >= 4 is 16.6 Å². The highest BCUT2D eigenvalue weighted by Crippen LogP contribution is 2.28. The second-order valence-electron chi connectivity index (χ2n) is 6.29. The number of hydrogen-bond acceptors (Lipinski definition) is 2. The summed E-state index contributed by atoms with van der Waals surface area (Å²) in [4.78, 5) is 9.34. The normalized spacial score (nSPS) is 12.5. The summed E-state index contributed by atoms with van der Waals surface area (Å²) in [6.45, 7) is 10.4. The lowest BCUT2D eigenvalue weighted by atomic mass is 9.95. The molecule has 1 aromatic carbocycles. The number of benzene rings is 1. The maximum absolute atomic E-state index is 13.5. The molecule has 0 fully saturated rings. The standard InChI is InChI=1S/C16H18FN3/c1-9-10(2)20-14(18-9)12-7-6-11(17)8-13(12)19-15(20)16(3,4)5/h6-8H,1-5H3. The van der Waals surface area contributed by atoms with Gasteiger partial charge in [0, 0.05) is 22.6 Å². The van der Waals surface area contributed by atoms with Gasteiger partial charge in [0.15, 0.2) is 0 Å². The second kappa shape index (κ2) is 4.01. The molecule has 0 saturated carbocycles. The molecule has 3 rings (SSSR count). The zero-order chi connectivity index (χ0) is 14.7. The van der Waals surface area contributed by atoms with Crippen molar-refractivity contribution in [3.63, 3.8) is 0 Å². The van der Waals surface area contributed by atoms with Crippen LogP contribution in [0.5, 0.6) is 0 Å². The maximum atomic E-state index is 13.5. The molecule has 0 radical (unpaired) electrons. The molecular weight excluding hydrogens is 253 g/mol. The Hall–Kier alpha value is -1.97. The number of fused-ring (bicyclic) bond motifs is 3. The van der Waals surface area contributed by atoms with Gasteiger partial charge in [0.1, 0.15) is 17.3 Å². The Kier molecular flexibility index (Phi) is 2.61. The molecule has 0 aliphatic carbocycles. The Bertz CT molecular complexity index is 825. The van der Waals surface area contributed by atoms with Gasteiger partial charge in [-0.1, -0.05) is 20.8 Å². The Balaban J connectivity index is 2.58. The van der Waals surface area contributed by atoms with E-state index in [1.807, 2.05) is 13.8 Å². The van der Waals surface area contributed by atoms with Gasteiger partial charge < -0.3 is 0 Å². The molecule has 2 heterocycles. The van der Waals surface area contributed by atoms with E-state index in [-0.39, 0.29) is 11.2 Å². The van der Waals surface area contributed by atoms with E-state index in [0.717, 1.165) is 28.2 Å². The summed E-state index contributed by atoms with van der Waals surface area (Å²) in [6.07, 6.45) is 0. The monoisotopic (exact) mass is 271 g/mol. The molecule has 0 spiro atoms. The quantitative estimate of drug-likeness (QED) is 0.620. The Morgan fingerprint density at radius 1 is 1.10 bits per heavy atom. The van der Waals surface area contributed by atoms with Crippen molar-refractivity contribution in [2.45, 2.75) is 40.0 Å². The summed E-state index contributed by atoms with van der Waals surface area (Å²) in [5.74, 6) is 0.637. The minimum Gasteiger partial charge on any atom is -0.284 e. The Morgan fingerprint density at radius 2 is 1.80 bits per heavy atom. The van der Waals surface area contributed by atoms with Gasteiger partial charge in [0.2, 0.25) is 0 Å². The number of aryl methyl sites for hydroxylation is 2. The molecular formula is C16H18FN3. The fraction of sp³-hybridized carbons (Fsp3) is 0.375. The molecule has 2 aromatic heterocycles. The van der Waals surface area contributed by atoms with Crippen molar-refractivity contribution in [3.05, 3.63) is 41.2 Å². The van der Waals surface area contributed by atoms with Crippen LogP contribution in [0.4, 0.5) is 4.39 Å². The minimum atomic E-state index is -0.269. The van der Waals surface area contributed by atoms with Gasteiger partial charge in [-0.05, 0) is 26.0 Å². The summed E-state index contributed by atoms with van der Waals surface area (Å²) in [5, 5.41) is 0.885. The third-order valence-corrected chi connectivity index (χ3v) is 3.65. The molecule has 20 heavy (non-hydrogen) atoms. The summed E-state index contributed by atoms with van der Waals surface area (Å²) in [6, 6.07) is 4.69. The van der Waals surface area contributed by atoms with Crippen molar-refractivity contribution in [2.24, 2.45) is 0 Å². The van der Waals surface area contributed by atoms with E-state index in [4.69, 9.17) is 4.98 Å². The van der Waals surface area contributed by atoms with E-state index >= 15 is 0 Å². The number of rotatable bonds is 0. The van der Waals surface area contributed by atoms with E-state index in [9.17, 15) is 4.39 Å². The molecule has 4 heteroatoms. The van der Waals surface area contributed by atoms with Crippen molar-refractivity contribution in [1.82, 2.24) is 14.4 Å². The first-order valence-electron chi connectivity index (χ1n) is 6.74. The zero-order valence-corrected chi connectivity index (χ0v) is 12.5. The van der Waals surface area contributed by atoms with E-state index in [1.54, 1.807) is 6.07 Å². The van der Waals surface area contributed by atoms with E-state index in [1.165, 1.54) is 12.1 Å². The highest BCUT2D eigenvalue weighted by molar-refractivity contribution is 5.91. The van der Waals surface area contributed by atoms with Crippen LogP contribution in [-0.4, -0.2) is 14.4 Å². The minimum absolute atomic E-state index is 0.142. The molecule has 0 saturated heterocycles. The predicted molar refractivity (Wildman–Crippen MR) is 78.6 cm³/mol. The van der Waals surface area contributed by atoms with Crippen molar-refractivity contribution in [3.8, 4) is 0 Å². The molecule has 0 unspecified atom stereocenters. The highest BCUT2D eigenvalue weighted by Gasteiger charge is 2.23. The molecule has 0 N–H and O–H groups in total. The van der Waals surface area contributed by atoms with Crippen LogP contribution in [0.25, 0.3) is 16.6 Å². The Labute approximate surface area is 117 Å². The lowest BCUT2D eigenvalue weighted by Crippen LogP contribution is -2.19. The third-order valence-electron chi connectivity index (χ3n) is 3.65. The SMILES string of the molecule is Cc1nc2c3ccc(F)cc3nc(C(C)(C)C)n2c1C. The van der Waals surface area contributed by atoms with Crippen LogP contribution in [0.1, 0.15) is 38.0 Å². The molecule has 0 atom stereocenters. The van der Waals surface area contributed by atoms with Crippen LogP contribution in [0.3, 0.4) is 0 Å². The molecule has 0 aliphatic rings. The van der Waals surface area contributed by atoms with Crippen molar-refractivity contribution in [2.75, 3.05) is 0 Å². The number of halogens is 1. The highest BCUT2D eigenvalue weighted by atomic mass is 19.1. The number of nitrogens with zero attached hydrogens (tertiary/aromatic N) is 3. The van der Waals surface area contributed by atoms with Crippen molar-refractivity contribution < 1.29 is 4.39 Å². The van der Waals surface area contributed by atoms with E-state index in [0.29, 0.717) is 5.52 Å². The van der Waals surface area contributed by atoms with Gasteiger partial charge in [0.25, 0.3) is 0 Å². The van der Waals surface area contributed by atoms with Gasteiger partial charge in [-0.15, -0.1) is 0 Å². The topological polar surface area (TPSA) is 30.2 Å².